The molecule has 0 amide bonds. The molecular formula is C55H34N2. The lowest BCUT2D eigenvalue weighted by atomic mass is 9.70. The fourth-order valence-electron chi connectivity index (χ4n) is 9.90. The lowest BCUT2D eigenvalue weighted by Gasteiger charge is -2.30. The van der Waals surface area contributed by atoms with Gasteiger partial charge in [0.1, 0.15) is 0 Å². The number of para-hydroxylation sites is 1. The van der Waals surface area contributed by atoms with Crippen LogP contribution in [-0.2, 0) is 5.41 Å². The highest BCUT2D eigenvalue weighted by molar-refractivity contribution is 6.14. The van der Waals surface area contributed by atoms with E-state index >= 15 is 0 Å². The standard InChI is InChI=1S/C55H34N2/c1-3-16-35(17-4-1)43-33-53(36-18-5-2-6-19-36)56-34-47(43)37-20-15-21-38(30-37)54-46-32-51-45(31-44(46)42-25-10-14-29-52(42)57-54)41-24-9-13-28-50(41)55(51)48-26-11-7-22-39(48)40-23-8-12-27-49(40)55/h1-34H. The topological polar surface area (TPSA) is 25.8 Å². The summed E-state index contributed by atoms with van der Waals surface area (Å²) in [6, 6.07) is 72.8. The van der Waals surface area contributed by atoms with Gasteiger partial charge >= 0.3 is 0 Å². The Morgan fingerprint density at radius 3 is 1.58 bits per heavy atom. The largest absolute Gasteiger partial charge is 0.256 e. The van der Waals surface area contributed by atoms with Gasteiger partial charge in [0.05, 0.1) is 22.3 Å². The smallest absolute Gasteiger partial charge is 0.0788 e. The molecule has 0 saturated heterocycles. The third-order valence-electron chi connectivity index (χ3n) is 12.3. The number of fused-ring (bicyclic) bond motifs is 13. The average molecular weight is 723 g/mol. The van der Waals surface area contributed by atoms with E-state index in [4.69, 9.17) is 9.97 Å². The maximum Gasteiger partial charge on any atom is 0.0788 e. The molecule has 2 aromatic heterocycles. The molecule has 0 radical (unpaired) electrons. The summed E-state index contributed by atoms with van der Waals surface area (Å²) in [7, 11) is 0. The number of pyridine rings is 2. The summed E-state index contributed by atoms with van der Waals surface area (Å²) >= 11 is 0. The highest BCUT2D eigenvalue weighted by atomic mass is 14.7. The molecule has 0 saturated carbocycles. The summed E-state index contributed by atoms with van der Waals surface area (Å²) in [5.41, 5.74) is 19.7. The summed E-state index contributed by atoms with van der Waals surface area (Å²) in [6.45, 7) is 0. The van der Waals surface area contributed by atoms with E-state index in [1.165, 1.54) is 49.9 Å². The molecule has 8 aromatic carbocycles. The quantitative estimate of drug-likeness (QED) is 0.169. The van der Waals surface area contributed by atoms with Gasteiger partial charge in [0, 0.05) is 33.7 Å². The Morgan fingerprint density at radius 2 is 0.877 bits per heavy atom. The van der Waals surface area contributed by atoms with E-state index in [2.05, 4.69) is 194 Å². The van der Waals surface area contributed by atoms with Gasteiger partial charge in [-0.15, -0.1) is 0 Å². The van der Waals surface area contributed by atoms with Crippen LogP contribution >= 0.6 is 0 Å². The van der Waals surface area contributed by atoms with Gasteiger partial charge in [0.15, 0.2) is 0 Å². The van der Waals surface area contributed by atoms with Gasteiger partial charge in [0.2, 0.25) is 0 Å². The first kappa shape index (κ1) is 31.9. The van der Waals surface area contributed by atoms with E-state index in [-0.39, 0.29) is 0 Å². The third-order valence-corrected chi connectivity index (χ3v) is 12.3. The van der Waals surface area contributed by atoms with Crippen molar-refractivity contribution in [1.29, 1.82) is 0 Å². The molecule has 0 atom stereocenters. The van der Waals surface area contributed by atoms with Crippen molar-refractivity contribution in [2.24, 2.45) is 0 Å². The van der Waals surface area contributed by atoms with Crippen LogP contribution in [0, 0.1) is 0 Å². The Bertz CT molecular complexity index is 3190. The van der Waals surface area contributed by atoms with Gasteiger partial charge in [-0.2, -0.15) is 0 Å². The van der Waals surface area contributed by atoms with Crippen molar-refractivity contribution < 1.29 is 0 Å². The molecule has 12 rings (SSSR count). The minimum atomic E-state index is -0.436. The van der Waals surface area contributed by atoms with E-state index in [1.807, 2.05) is 12.3 Å². The summed E-state index contributed by atoms with van der Waals surface area (Å²) in [5, 5.41) is 3.53. The SMILES string of the molecule is c1ccc(-c2cc(-c3ccccc3)c(-c3cccc(-c4nc5ccccc5c5cc6c(cc45)C4(c5ccccc5-c5ccccc54)c4ccccc4-6)c3)cn2)cc1. The van der Waals surface area contributed by atoms with Gasteiger partial charge in [-0.1, -0.05) is 170 Å². The van der Waals surface area contributed by atoms with Crippen molar-refractivity contribution in [3.05, 3.63) is 229 Å². The van der Waals surface area contributed by atoms with Gasteiger partial charge in [-0.3, -0.25) is 4.98 Å². The van der Waals surface area contributed by atoms with Crippen LogP contribution in [0.4, 0.5) is 0 Å². The molecule has 1 spiro atoms. The van der Waals surface area contributed by atoms with Crippen LogP contribution in [0.25, 0.3) is 88.7 Å². The molecular weight excluding hydrogens is 689 g/mol. The highest BCUT2D eigenvalue weighted by Gasteiger charge is 2.51. The first-order chi connectivity index (χ1) is 28.3. The van der Waals surface area contributed by atoms with E-state index in [9.17, 15) is 0 Å². The number of hydrogen-bond donors (Lipinski definition) is 0. The Labute approximate surface area is 331 Å². The van der Waals surface area contributed by atoms with Crippen LogP contribution < -0.4 is 0 Å². The molecule has 2 nitrogen and oxygen atoms in total. The molecule has 10 aromatic rings. The van der Waals surface area contributed by atoms with E-state index in [0.29, 0.717) is 0 Å². The summed E-state index contributed by atoms with van der Waals surface area (Å²) in [5.74, 6) is 0. The molecule has 2 aliphatic rings. The van der Waals surface area contributed by atoms with Gasteiger partial charge < -0.3 is 0 Å². The third kappa shape index (κ3) is 4.59. The van der Waals surface area contributed by atoms with Crippen LogP contribution in [0.2, 0.25) is 0 Å². The molecule has 57 heavy (non-hydrogen) atoms. The van der Waals surface area contributed by atoms with Crippen molar-refractivity contribution in [2.45, 2.75) is 5.41 Å². The fourth-order valence-corrected chi connectivity index (χ4v) is 9.90. The Balaban J connectivity index is 1.12. The van der Waals surface area contributed by atoms with E-state index < -0.39 is 5.41 Å². The monoisotopic (exact) mass is 722 g/mol. The summed E-state index contributed by atoms with van der Waals surface area (Å²) in [6.07, 6.45) is 2.04. The maximum atomic E-state index is 5.51. The molecule has 0 fully saturated rings. The number of benzene rings is 8. The molecule has 0 bridgehead atoms. The van der Waals surface area contributed by atoms with E-state index in [1.54, 1.807) is 0 Å². The van der Waals surface area contributed by atoms with Crippen molar-refractivity contribution >= 4 is 21.7 Å². The minimum absolute atomic E-state index is 0.436. The average Bonchev–Trinajstić information content (AvgIpc) is 3.75. The van der Waals surface area contributed by atoms with Crippen molar-refractivity contribution in [3.8, 4) is 67.0 Å². The lowest BCUT2D eigenvalue weighted by molar-refractivity contribution is 0.795. The first-order valence-electron chi connectivity index (χ1n) is 19.7. The van der Waals surface area contributed by atoms with Crippen molar-refractivity contribution in [1.82, 2.24) is 9.97 Å². The van der Waals surface area contributed by atoms with Crippen LogP contribution in [0.5, 0.6) is 0 Å². The van der Waals surface area contributed by atoms with Crippen LogP contribution in [0.15, 0.2) is 206 Å². The fraction of sp³-hybridized carbons (Fsp3) is 0.0182. The molecule has 2 aliphatic carbocycles. The molecule has 0 unspecified atom stereocenters. The van der Waals surface area contributed by atoms with Crippen LogP contribution in [0.3, 0.4) is 0 Å². The second kappa shape index (κ2) is 12.3. The second-order valence-corrected chi connectivity index (χ2v) is 15.2. The summed E-state index contributed by atoms with van der Waals surface area (Å²) in [4.78, 5) is 10.5. The Hall–Kier alpha value is -7.42. The lowest BCUT2D eigenvalue weighted by Crippen LogP contribution is -2.25. The zero-order valence-corrected chi connectivity index (χ0v) is 31.0. The van der Waals surface area contributed by atoms with Gasteiger partial charge in [-0.25, -0.2) is 4.98 Å². The Morgan fingerprint density at radius 1 is 0.316 bits per heavy atom. The Kier molecular flexibility index (Phi) is 6.88. The van der Waals surface area contributed by atoms with Crippen LogP contribution in [-0.4, -0.2) is 9.97 Å². The van der Waals surface area contributed by atoms with Crippen molar-refractivity contribution in [3.63, 3.8) is 0 Å². The minimum Gasteiger partial charge on any atom is -0.256 e. The molecule has 0 N–H and O–H groups in total. The highest BCUT2D eigenvalue weighted by Crippen LogP contribution is 2.63. The predicted molar refractivity (Wildman–Crippen MR) is 235 cm³/mol. The number of hydrogen-bond acceptors (Lipinski definition) is 2. The first-order valence-corrected chi connectivity index (χ1v) is 19.7. The maximum absolute atomic E-state index is 5.51. The molecule has 2 heteroatoms. The number of nitrogens with zero attached hydrogens (tertiary/aromatic N) is 2. The molecule has 2 heterocycles. The van der Waals surface area contributed by atoms with Gasteiger partial charge in [0.25, 0.3) is 0 Å². The normalized spacial score (nSPS) is 13.1. The van der Waals surface area contributed by atoms with Crippen LogP contribution in [0.1, 0.15) is 22.3 Å². The zero-order valence-electron chi connectivity index (χ0n) is 31.0. The van der Waals surface area contributed by atoms with Crippen molar-refractivity contribution in [2.75, 3.05) is 0 Å². The predicted octanol–water partition coefficient (Wildman–Crippen LogP) is 13.8. The molecule has 264 valence electrons. The van der Waals surface area contributed by atoms with E-state index in [0.717, 1.165) is 61.1 Å². The number of aromatic nitrogens is 2. The zero-order chi connectivity index (χ0) is 37.5. The molecule has 0 aliphatic heterocycles. The number of rotatable bonds is 4. The summed E-state index contributed by atoms with van der Waals surface area (Å²) < 4.78 is 0. The van der Waals surface area contributed by atoms with Gasteiger partial charge in [-0.05, 0) is 96.9 Å². The second-order valence-electron chi connectivity index (χ2n) is 15.2.